The van der Waals surface area contributed by atoms with Gasteiger partial charge in [0.2, 0.25) is 0 Å². The van der Waals surface area contributed by atoms with Crippen LogP contribution in [0.25, 0.3) is 0 Å². The summed E-state index contributed by atoms with van der Waals surface area (Å²) in [4.78, 5) is 17.6. The van der Waals surface area contributed by atoms with Crippen LogP contribution in [-0.4, -0.2) is 25.9 Å². The van der Waals surface area contributed by atoms with Crippen molar-refractivity contribution in [2.24, 2.45) is 7.05 Å². The van der Waals surface area contributed by atoms with Crippen LogP contribution in [0.5, 0.6) is 0 Å². The SMILES string of the molecule is Cn1cc(C(=O)Nc2nc3c(s2)CCCC3)nn1. The Labute approximate surface area is 108 Å². The second kappa shape index (κ2) is 4.49. The Morgan fingerprint density at radius 2 is 2.28 bits per heavy atom. The Bertz CT molecular complexity index is 565. The van der Waals surface area contributed by atoms with Gasteiger partial charge < -0.3 is 0 Å². The van der Waals surface area contributed by atoms with Crippen LogP contribution in [0.3, 0.4) is 0 Å². The lowest BCUT2D eigenvalue weighted by molar-refractivity contribution is 0.102. The molecule has 18 heavy (non-hydrogen) atoms. The van der Waals surface area contributed by atoms with Gasteiger partial charge in [0.25, 0.3) is 5.91 Å². The summed E-state index contributed by atoms with van der Waals surface area (Å²) in [6.07, 6.45) is 6.09. The van der Waals surface area contributed by atoms with Gasteiger partial charge in [-0.05, 0) is 25.7 Å². The first-order chi connectivity index (χ1) is 8.72. The van der Waals surface area contributed by atoms with E-state index in [9.17, 15) is 4.79 Å². The van der Waals surface area contributed by atoms with Crippen molar-refractivity contribution in [2.45, 2.75) is 25.7 Å². The zero-order valence-corrected chi connectivity index (χ0v) is 10.8. The van der Waals surface area contributed by atoms with Gasteiger partial charge in [-0.15, -0.1) is 16.4 Å². The van der Waals surface area contributed by atoms with E-state index in [1.54, 1.807) is 24.6 Å². The van der Waals surface area contributed by atoms with Gasteiger partial charge in [-0.1, -0.05) is 5.21 Å². The molecular weight excluding hydrogens is 250 g/mol. The third kappa shape index (κ3) is 2.13. The summed E-state index contributed by atoms with van der Waals surface area (Å²) in [5, 5.41) is 11.0. The highest BCUT2D eigenvalue weighted by Crippen LogP contribution is 2.29. The molecule has 0 unspecified atom stereocenters. The molecule has 94 valence electrons. The van der Waals surface area contributed by atoms with Crippen molar-refractivity contribution in [3.63, 3.8) is 0 Å². The molecule has 0 atom stereocenters. The number of rotatable bonds is 2. The Morgan fingerprint density at radius 1 is 1.44 bits per heavy atom. The second-order valence-electron chi connectivity index (χ2n) is 4.33. The molecule has 0 radical (unpaired) electrons. The molecule has 6 nitrogen and oxygen atoms in total. The highest BCUT2D eigenvalue weighted by Gasteiger charge is 2.17. The quantitative estimate of drug-likeness (QED) is 0.889. The number of anilines is 1. The minimum absolute atomic E-state index is 0.255. The summed E-state index contributed by atoms with van der Waals surface area (Å²) in [7, 11) is 1.73. The zero-order chi connectivity index (χ0) is 12.5. The first-order valence-corrected chi connectivity index (χ1v) is 6.70. The molecule has 1 N–H and O–H groups in total. The van der Waals surface area contributed by atoms with E-state index >= 15 is 0 Å². The molecule has 0 saturated heterocycles. The summed E-state index contributed by atoms with van der Waals surface area (Å²) < 4.78 is 1.50. The van der Waals surface area contributed by atoms with E-state index in [2.05, 4.69) is 20.6 Å². The molecule has 0 spiro atoms. The van der Waals surface area contributed by atoms with Crippen molar-refractivity contribution in [3.05, 3.63) is 22.5 Å². The van der Waals surface area contributed by atoms with Crippen molar-refractivity contribution >= 4 is 22.4 Å². The minimum Gasteiger partial charge on any atom is -0.296 e. The van der Waals surface area contributed by atoms with Gasteiger partial charge >= 0.3 is 0 Å². The number of amides is 1. The monoisotopic (exact) mass is 263 g/mol. The maximum atomic E-state index is 11.9. The summed E-state index contributed by atoms with van der Waals surface area (Å²) in [5.74, 6) is -0.255. The maximum absolute atomic E-state index is 11.9. The highest BCUT2D eigenvalue weighted by atomic mass is 32.1. The number of hydrogen-bond donors (Lipinski definition) is 1. The number of aryl methyl sites for hydroxylation is 3. The van der Waals surface area contributed by atoms with Crippen molar-refractivity contribution < 1.29 is 4.79 Å². The number of nitrogens with one attached hydrogen (secondary N) is 1. The second-order valence-corrected chi connectivity index (χ2v) is 5.41. The fourth-order valence-electron chi connectivity index (χ4n) is 2.02. The van der Waals surface area contributed by atoms with Crippen molar-refractivity contribution in [1.82, 2.24) is 20.0 Å². The third-order valence-corrected chi connectivity index (χ3v) is 3.97. The molecule has 0 fully saturated rings. The third-order valence-electron chi connectivity index (χ3n) is 2.90. The lowest BCUT2D eigenvalue weighted by Crippen LogP contribution is -2.12. The molecule has 2 aromatic rings. The van der Waals surface area contributed by atoms with E-state index in [1.807, 2.05) is 0 Å². The molecule has 1 amide bonds. The topological polar surface area (TPSA) is 72.7 Å². The number of thiazole rings is 1. The van der Waals surface area contributed by atoms with Crippen LogP contribution in [-0.2, 0) is 19.9 Å². The predicted molar refractivity (Wildman–Crippen MR) is 67.7 cm³/mol. The molecule has 0 bridgehead atoms. The van der Waals surface area contributed by atoms with Crippen molar-refractivity contribution in [3.8, 4) is 0 Å². The fourth-order valence-corrected chi connectivity index (χ4v) is 3.06. The number of fused-ring (bicyclic) bond motifs is 1. The van der Waals surface area contributed by atoms with Crippen molar-refractivity contribution in [2.75, 3.05) is 5.32 Å². The number of nitrogens with zero attached hydrogens (tertiary/aromatic N) is 4. The van der Waals surface area contributed by atoms with E-state index in [4.69, 9.17) is 0 Å². The van der Waals surface area contributed by atoms with Crippen LogP contribution in [0.15, 0.2) is 6.20 Å². The summed E-state index contributed by atoms with van der Waals surface area (Å²) in [6.45, 7) is 0. The van der Waals surface area contributed by atoms with E-state index in [0.717, 1.165) is 18.5 Å². The van der Waals surface area contributed by atoms with Crippen LogP contribution < -0.4 is 5.32 Å². The van der Waals surface area contributed by atoms with Crippen LogP contribution in [0.1, 0.15) is 33.9 Å². The van der Waals surface area contributed by atoms with Gasteiger partial charge in [0.1, 0.15) is 0 Å². The fraction of sp³-hybridized carbons (Fsp3) is 0.455. The Kier molecular flexibility index (Phi) is 2.83. The lowest BCUT2D eigenvalue weighted by Gasteiger charge is -2.06. The average molecular weight is 263 g/mol. The van der Waals surface area contributed by atoms with Crippen LogP contribution >= 0.6 is 11.3 Å². The molecule has 0 aliphatic heterocycles. The van der Waals surface area contributed by atoms with Gasteiger partial charge in [0, 0.05) is 11.9 Å². The molecule has 3 rings (SSSR count). The number of carbonyl (C=O) groups is 1. The van der Waals surface area contributed by atoms with Gasteiger partial charge in [0.05, 0.1) is 11.9 Å². The Morgan fingerprint density at radius 3 is 3.00 bits per heavy atom. The largest absolute Gasteiger partial charge is 0.296 e. The van der Waals surface area contributed by atoms with E-state index in [0.29, 0.717) is 10.8 Å². The van der Waals surface area contributed by atoms with Crippen LogP contribution in [0.2, 0.25) is 0 Å². The lowest BCUT2D eigenvalue weighted by atomic mass is 10.0. The molecule has 7 heteroatoms. The Hall–Kier alpha value is -1.76. The van der Waals surface area contributed by atoms with Gasteiger partial charge in [-0.25, -0.2) is 4.98 Å². The van der Waals surface area contributed by atoms with E-state index < -0.39 is 0 Å². The number of carbonyl (C=O) groups excluding carboxylic acids is 1. The van der Waals surface area contributed by atoms with Crippen LogP contribution in [0, 0.1) is 0 Å². The summed E-state index contributed by atoms with van der Waals surface area (Å²) >= 11 is 1.57. The first kappa shape index (κ1) is 11.3. The molecule has 1 aliphatic rings. The molecule has 2 heterocycles. The number of hydrogen-bond acceptors (Lipinski definition) is 5. The van der Waals surface area contributed by atoms with Gasteiger partial charge in [-0.3, -0.25) is 14.8 Å². The normalized spacial score (nSPS) is 14.3. The zero-order valence-electron chi connectivity index (χ0n) is 10.0. The summed E-state index contributed by atoms with van der Waals surface area (Å²) in [5.41, 5.74) is 1.45. The van der Waals surface area contributed by atoms with Gasteiger partial charge in [0.15, 0.2) is 10.8 Å². The molecule has 2 aromatic heterocycles. The minimum atomic E-state index is -0.255. The number of aromatic nitrogens is 4. The predicted octanol–water partition coefficient (Wildman–Crippen LogP) is 1.40. The van der Waals surface area contributed by atoms with Gasteiger partial charge in [-0.2, -0.15) is 0 Å². The van der Waals surface area contributed by atoms with E-state index in [1.165, 1.54) is 22.4 Å². The average Bonchev–Trinajstić information content (AvgIpc) is 2.94. The summed E-state index contributed by atoms with van der Waals surface area (Å²) in [6, 6.07) is 0. The molecular formula is C11H13N5OS. The first-order valence-electron chi connectivity index (χ1n) is 5.88. The maximum Gasteiger partial charge on any atom is 0.279 e. The van der Waals surface area contributed by atoms with E-state index in [-0.39, 0.29) is 5.91 Å². The molecule has 0 aromatic carbocycles. The Balaban J connectivity index is 1.76. The standard InChI is InChI=1S/C11H13N5OS/c1-16-6-8(14-15-16)10(17)13-11-12-7-4-2-3-5-9(7)18-11/h6H,2-5H2,1H3,(H,12,13,17). The van der Waals surface area contributed by atoms with Crippen molar-refractivity contribution in [1.29, 1.82) is 0 Å². The van der Waals surface area contributed by atoms with Crippen LogP contribution in [0.4, 0.5) is 5.13 Å². The smallest absolute Gasteiger partial charge is 0.279 e. The molecule has 1 aliphatic carbocycles. The molecule has 0 saturated carbocycles. The highest BCUT2D eigenvalue weighted by molar-refractivity contribution is 7.15.